The second-order valence-corrected chi connectivity index (χ2v) is 4.30. The molecule has 0 spiro atoms. The molecule has 0 saturated heterocycles. The van der Waals surface area contributed by atoms with Gasteiger partial charge < -0.3 is 10.7 Å². The zero-order chi connectivity index (χ0) is 9.31. The lowest BCUT2D eigenvalue weighted by molar-refractivity contribution is 0.229. The Kier molecular flexibility index (Phi) is 2.12. The summed E-state index contributed by atoms with van der Waals surface area (Å²) in [6.07, 6.45) is 8.27. The fourth-order valence-electron chi connectivity index (χ4n) is 2.34. The van der Waals surface area contributed by atoms with Crippen LogP contribution in [0.1, 0.15) is 38.4 Å². The number of nitrogens with zero attached hydrogens (tertiary/aromatic N) is 1. The van der Waals surface area contributed by atoms with Crippen molar-refractivity contribution < 1.29 is 0 Å². The third-order valence-electron chi connectivity index (χ3n) is 3.00. The van der Waals surface area contributed by atoms with Crippen LogP contribution < -0.4 is 5.73 Å². The molecule has 1 aromatic heterocycles. The van der Waals surface area contributed by atoms with Gasteiger partial charge in [-0.3, -0.25) is 0 Å². The Bertz CT molecular complexity index is 268. The summed E-state index contributed by atoms with van der Waals surface area (Å²) in [6.45, 7) is 2.27. The van der Waals surface area contributed by atoms with Crippen LogP contribution in [0, 0.1) is 5.92 Å². The normalized spacial score (nSPS) is 34.8. The maximum atomic E-state index is 6.32. The van der Waals surface area contributed by atoms with Gasteiger partial charge in [-0.2, -0.15) is 0 Å². The lowest BCUT2D eigenvalue weighted by Gasteiger charge is -2.35. The van der Waals surface area contributed by atoms with Crippen molar-refractivity contribution in [3.05, 3.63) is 18.2 Å². The van der Waals surface area contributed by atoms with Crippen LogP contribution in [0.2, 0.25) is 0 Å². The van der Waals surface area contributed by atoms with E-state index in [1.54, 1.807) is 6.20 Å². The van der Waals surface area contributed by atoms with Crippen LogP contribution in [0.5, 0.6) is 0 Å². The summed E-state index contributed by atoms with van der Waals surface area (Å²) in [5, 5.41) is 0. The van der Waals surface area contributed by atoms with E-state index in [2.05, 4.69) is 16.9 Å². The second-order valence-electron chi connectivity index (χ2n) is 4.30. The average Bonchev–Trinajstić information content (AvgIpc) is 2.55. The highest BCUT2D eigenvalue weighted by molar-refractivity contribution is 5.07. The Morgan fingerprint density at radius 2 is 2.54 bits per heavy atom. The number of aromatic nitrogens is 2. The van der Waals surface area contributed by atoms with Crippen molar-refractivity contribution >= 4 is 0 Å². The minimum atomic E-state index is -0.193. The van der Waals surface area contributed by atoms with Crippen molar-refractivity contribution in [3.63, 3.8) is 0 Å². The molecule has 13 heavy (non-hydrogen) atoms. The summed E-state index contributed by atoms with van der Waals surface area (Å²) in [5.74, 6) is 1.68. The highest BCUT2D eigenvalue weighted by Crippen LogP contribution is 2.35. The highest BCUT2D eigenvalue weighted by Gasteiger charge is 2.34. The lowest BCUT2D eigenvalue weighted by Crippen LogP contribution is -2.41. The van der Waals surface area contributed by atoms with E-state index < -0.39 is 0 Å². The van der Waals surface area contributed by atoms with Crippen molar-refractivity contribution in [1.82, 2.24) is 9.97 Å². The van der Waals surface area contributed by atoms with Gasteiger partial charge in [0.1, 0.15) is 5.82 Å². The lowest BCUT2D eigenvalue weighted by atomic mass is 9.76. The van der Waals surface area contributed by atoms with Crippen LogP contribution >= 0.6 is 0 Å². The number of imidazole rings is 1. The summed E-state index contributed by atoms with van der Waals surface area (Å²) < 4.78 is 0. The SMILES string of the molecule is C[C@H]1CCC[C@@](N)(c2ncc[nH]2)C1. The van der Waals surface area contributed by atoms with Gasteiger partial charge in [-0.25, -0.2) is 4.98 Å². The van der Waals surface area contributed by atoms with Gasteiger partial charge in [0.2, 0.25) is 0 Å². The van der Waals surface area contributed by atoms with Crippen molar-refractivity contribution in [2.45, 2.75) is 38.1 Å². The van der Waals surface area contributed by atoms with E-state index in [4.69, 9.17) is 5.73 Å². The molecule has 1 aromatic rings. The molecule has 1 aliphatic rings. The van der Waals surface area contributed by atoms with Gasteiger partial charge in [0.25, 0.3) is 0 Å². The first-order valence-electron chi connectivity index (χ1n) is 4.99. The Labute approximate surface area is 78.7 Å². The molecule has 0 unspecified atom stereocenters. The molecule has 3 nitrogen and oxygen atoms in total. The number of hydrogen-bond donors (Lipinski definition) is 2. The van der Waals surface area contributed by atoms with Gasteiger partial charge in [0.15, 0.2) is 0 Å². The number of rotatable bonds is 1. The minimum absolute atomic E-state index is 0.193. The van der Waals surface area contributed by atoms with Crippen LogP contribution in [0.25, 0.3) is 0 Å². The van der Waals surface area contributed by atoms with Crippen molar-refractivity contribution in [2.75, 3.05) is 0 Å². The molecule has 1 saturated carbocycles. The van der Waals surface area contributed by atoms with Crippen LogP contribution in [-0.2, 0) is 5.54 Å². The third kappa shape index (κ3) is 1.61. The molecule has 0 aliphatic heterocycles. The third-order valence-corrected chi connectivity index (χ3v) is 3.00. The standard InChI is InChI=1S/C10H17N3/c1-8-3-2-4-10(11,7-8)9-12-5-6-13-9/h5-6,8H,2-4,7,11H2,1H3,(H,12,13)/t8-,10-/m0/s1. The molecule has 1 aliphatic carbocycles. The van der Waals surface area contributed by atoms with Gasteiger partial charge in [-0.1, -0.05) is 19.8 Å². The predicted molar refractivity (Wildman–Crippen MR) is 52.1 cm³/mol. The van der Waals surface area contributed by atoms with E-state index in [9.17, 15) is 0 Å². The quantitative estimate of drug-likeness (QED) is 0.690. The average molecular weight is 179 g/mol. The smallest absolute Gasteiger partial charge is 0.126 e. The van der Waals surface area contributed by atoms with E-state index in [1.807, 2.05) is 6.20 Å². The summed E-state index contributed by atoms with van der Waals surface area (Å²) >= 11 is 0. The van der Waals surface area contributed by atoms with Crippen molar-refractivity contribution in [1.29, 1.82) is 0 Å². The van der Waals surface area contributed by atoms with E-state index >= 15 is 0 Å². The van der Waals surface area contributed by atoms with Gasteiger partial charge in [0, 0.05) is 12.4 Å². The maximum absolute atomic E-state index is 6.32. The number of nitrogens with one attached hydrogen (secondary N) is 1. The Hall–Kier alpha value is -0.830. The Balaban J connectivity index is 2.20. The van der Waals surface area contributed by atoms with E-state index in [-0.39, 0.29) is 5.54 Å². The molecule has 0 amide bonds. The van der Waals surface area contributed by atoms with E-state index in [1.165, 1.54) is 12.8 Å². The molecule has 72 valence electrons. The second kappa shape index (κ2) is 3.14. The molecule has 2 atom stereocenters. The number of hydrogen-bond acceptors (Lipinski definition) is 2. The molecule has 1 fully saturated rings. The molecule has 2 rings (SSSR count). The highest BCUT2D eigenvalue weighted by atomic mass is 15.0. The van der Waals surface area contributed by atoms with Crippen molar-refractivity contribution in [3.8, 4) is 0 Å². The Morgan fingerprint density at radius 1 is 1.69 bits per heavy atom. The van der Waals surface area contributed by atoms with E-state index in [0.29, 0.717) is 0 Å². The first-order chi connectivity index (χ1) is 6.21. The molecular formula is C10H17N3. The molecule has 1 heterocycles. The predicted octanol–water partition coefficient (Wildman–Crippen LogP) is 1.77. The van der Waals surface area contributed by atoms with Gasteiger partial charge in [-0.05, 0) is 18.8 Å². The molecule has 0 radical (unpaired) electrons. The minimum Gasteiger partial charge on any atom is -0.347 e. The molecule has 3 heteroatoms. The van der Waals surface area contributed by atoms with Gasteiger partial charge in [-0.15, -0.1) is 0 Å². The topological polar surface area (TPSA) is 54.7 Å². The number of aromatic amines is 1. The molecule has 3 N–H and O–H groups in total. The zero-order valence-electron chi connectivity index (χ0n) is 8.09. The zero-order valence-corrected chi connectivity index (χ0v) is 8.09. The van der Waals surface area contributed by atoms with E-state index in [0.717, 1.165) is 24.6 Å². The van der Waals surface area contributed by atoms with Gasteiger partial charge >= 0.3 is 0 Å². The Morgan fingerprint density at radius 3 is 3.15 bits per heavy atom. The fraction of sp³-hybridized carbons (Fsp3) is 0.700. The van der Waals surface area contributed by atoms with Crippen LogP contribution in [0.3, 0.4) is 0 Å². The number of nitrogens with two attached hydrogens (primary N) is 1. The fourth-order valence-corrected chi connectivity index (χ4v) is 2.34. The van der Waals surface area contributed by atoms with Crippen molar-refractivity contribution in [2.24, 2.45) is 11.7 Å². The maximum Gasteiger partial charge on any atom is 0.126 e. The monoisotopic (exact) mass is 179 g/mol. The summed E-state index contributed by atoms with van der Waals surface area (Å²) in [6, 6.07) is 0. The largest absolute Gasteiger partial charge is 0.347 e. The summed E-state index contributed by atoms with van der Waals surface area (Å²) in [7, 11) is 0. The molecular weight excluding hydrogens is 162 g/mol. The molecule has 0 aromatic carbocycles. The van der Waals surface area contributed by atoms with Crippen LogP contribution in [0.4, 0.5) is 0 Å². The summed E-state index contributed by atoms with van der Waals surface area (Å²) in [5.41, 5.74) is 6.13. The van der Waals surface area contributed by atoms with Crippen LogP contribution in [-0.4, -0.2) is 9.97 Å². The summed E-state index contributed by atoms with van der Waals surface area (Å²) in [4.78, 5) is 7.40. The van der Waals surface area contributed by atoms with Gasteiger partial charge in [0.05, 0.1) is 5.54 Å². The first kappa shape index (κ1) is 8.75. The number of H-pyrrole nitrogens is 1. The molecule has 0 bridgehead atoms. The van der Waals surface area contributed by atoms with Crippen LogP contribution in [0.15, 0.2) is 12.4 Å². The first-order valence-corrected chi connectivity index (χ1v) is 4.99.